The number of amides is 1. The molecule has 0 unspecified atom stereocenters. The van der Waals surface area contributed by atoms with Gasteiger partial charge in [0.2, 0.25) is 5.95 Å². The Balaban J connectivity index is 1.77. The molecule has 0 aliphatic heterocycles. The number of hydrogen-bond donors (Lipinski definition) is 1. The number of nitrogens with zero attached hydrogens (tertiary/aromatic N) is 5. The van der Waals surface area contributed by atoms with Crippen LogP contribution in [-0.2, 0) is 4.79 Å². The van der Waals surface area contributed by atoms with Crippen molar-refractivity contribution in [3.05, 3.63) is 54.1 Å². The summed E-state index contributed by atoms with van der Waals surface area (Å²) < 4.78 is 7.08. The standard InChI is InChI=1S/C16H15ClN6O2/c1-16(2,25-12-6-3-5-11(17)9-12)13(24)22-15-20-10-21-23(15)14-18-7-4-8-19-14/h3-10H,1-2H3,(H,20,21,22,24). The molecule has 1 amide bonds. The van der Waals surface area contributed by atoms with E-state index < -0.39 is 11.5 Å². The number of anilines is 1. The molecule has 0 fully saturated rings. The van der Waals surface area contributed by atoms with Crippen molar-refractivity contribution in [2.24, 2.45) is 0 Å². The molecule has 0 spiro atoms. The number of aromatic nitrogens is 5. The van der Waals surface area contributed by atoms with Crippen LogP contribution in [0.2, 0.25) is 5.02 Å². The lowest BCUT2D eigenvalue weighted by atomic mass is 10.1. The van der Waals surface area contributed by atoms with Crippen LogP contribution in [0.4, 0.5) is 5.95 Å². The summed E-state index contributed by atoms with van der Waals surface area (Å²) in [5.74, 6) is 0.570. The second kappa shape index (κ2) is 6.86. The molecular formula is C16H15ClN6O2. The van der Waals surface area contributed by atoms with Crippen LogP contribution in [-0.4, -0.2) is 36.2 Å². The van der Waals surface area contributed by atoms with Crippen molar-refractivity contribution in [1.82, 2.24) is 24.7 Å². The Hall–Kier alpha value is -3.00. The van der Waals surface area contributed by atoms with Crippen molar-refractivity contribution in [3.8, 4) is 11.7 Å². The zero-order chi connectivity index (χ0) is 17.9. The number of hydrogen-bond acceptors (Lipinski definition) is 6. The molecule has 2 aromatic heterocycles. The van der Waals surface area contributed by atoms with Gasteiger partial charge in [0.1, 0.15) is 12.1 Å². The van der Waals surface area contributed by atoms with E-state index in [2.05, 4.69) is 25.4 Å². The first-order chi connectivity index (χ1) is 12.0. The topological polar surface area (TPSA) is 94.8 Å². The zero-order valence-electron chi connectivity index (χ0n) is 13.5. The Morgan fingerprint density at radius 2 is 1.96 bits per heavy atom. The maximum Gasteiger partial charge on any atom is 0.270 e. The van der Waals surface area contributed by atoms with Crippen LogP contribution >= 0.6 is 11.6 Å². The van der Waals surface area contributed by atoms with Gasteiger partial charge in [-0.2, -0.15) is 14.8 Å². The third kappa shape index (κ3) is 3.92. The Morgan fingerprint density at radius 3 is 2.68 bits per heavy atom. The van der Waals surface area contributed by atoms with Gasteiger partial charge in [0.05, 0.1) is 0 Å². The van der Waals surface area contributed by atoms with Crippen LogP contribution in [0.15, 0.2) is 49.1 Å². The first kappa shape index (κ1) is 16.8. The lowest BCUT2D eigenvalue weighted by molar-refractivity contribution is -0.128. The molecule has 25 heavy (non-hydrogen) atoms. The zero-order valence-corrected chi connectivity index (χ0v) is 14.3. The molecule has 0 atom stereocenters. The summed E-state index contributed by atoms with van der Waals surface area (Å²) in [6.45, 7) is 3.28. The van der Waals surface area contributed by atoms with Gasteiger partial charge in [-0.05, 0) is 38.1 Å². The maximum absolute atomic E-state index is 12.6. The number of halogens is 1. The van der Waals surface area contributed by atoms with Gasteiger partial charge in [0, 0.05) is 17.4 Å². The predicted molar refractivity (Wildman–Crippen MR) is 91.7 cm³/mol. The highest BCUT2D eigenvalue weighted by Crippen LogP contribution is 2.23. The largest absolute Gasteiger partial charge is 0.478 e. The van der Waals surface area contributed by atoms with Crippen molar-refractivity contribution in [3.63, 3.8) is 0 Å². The summed E-state index contributed by atoms with van der Waals surface area (Å²) in [4.78, 5) is 24.8. The van der Waals surface area contributed by atoms with Crippen LogP contribution in [0.25, 0.3) is 5.95 Å². The number of nitrogens with one attached hydrogen (secondary N) is 1. The molecule has 3 aromatic rings. The molecule has 0 saturated carbocycles. The summed E-state index contributed by atoms with van der Waals surface area (Å²) in [6, 6.07) is 8.51. The fourth-order valence-corrected chi connectivity index (χ4v) is 2.18. The summed E-state index contributed by atoms with van der Waals surface area (Å²) in [5, 5.41) is 7.22. The van der Waals surface area contributed by atoms with Gasteiger partial charge < -0.3 is 4.74 Å². The van der Waals surface area contributed by atoms with Crippen LogP contribution < -0.4 is 10.1 Å². The first-order valence-corrected chi connectivity index (χ1v) is 7.77. The summed E-state index contributed by atoms with van der Waals surface area (Å²) in [6.07, 6.45) is 4.44. The van der Waals surface area contributed by atoms with E-state index in [1.165, 1.54) is 11.0 Å². The monoisotopic (exact) mass is 358 g/mol. The fourth-order valence-electron chi connectivity index (χ4n) is 2.00. The van der Waals surface area contributed by atoms with Crippen LogP contribution in [0.3, 0.4) is 0 Å². The lowest BCUT2D eigenvalue weighted by Gasteiger charge is -2.25. The third-order valence-corrected chi connectivity index (χ3v) is 3.47. The molecule has 2 heterocycles. The number of carbonyl (C=O) groups excluding carboxylic acids is 1. The second-order valence-electron chi connectivity index (χ2n) is 5.57. The molecule has 9 heteroatoms. The quantitative estimate of drug-likeness (QED) is 0.753. The Kier molecular flexibility index (Phi) is 4.62. The smallest absolute Gasteiger partial charge is 0.270 e. The van der Waals surface area contributed by atoms with E-state index in [4.69, 9.17) is 16.3 Å². The number of ether oxygens (including phenoxy) is 1. The molecule has 0 bridgehead atoms. The van der Waals surface area contributed by atoms with Crippen molar-refractivity contribution in [2.75, 3.05) is 5.32 Å². The molecule has 8 nitrogen and oxygen atoms in total. The van der Waals surface area contributed by atoms with E-state index in [-0.39, 0.29) is 5.95 Å². The van der Waals surface area contributed by atoms with Gasteiger partial charge in [-0.3, -0.25) is 10.1 Å². The molecule has 0 saturated heterocycles. The predicted octanol–water partition coefficient (Wildman–Crippen LogP) is 2.51. The minimum Gasteiger partial charge on any atom is -0.478 e. The van der Waals surface area contributed by atoms with E-state index in [0.717, 1.165) is 0 Å². The summed E-state index contributed by atoms with van der Waals surface area (Å²) >= 11 is 5.94. The normalized spacial score (nSPS) is 11.2. The van der Waals surface area contributed by atoms with Gasteiger partial charge >= 0.3 is 0 Å². The molecule has 0 aliphatic carbocycles. The highest BCUT2D eigenvalue weighted by molar-refractivity contribution is 6.30. The van der Waals surface area contributed by atoms with E-state index >= 15 is 0 Å². The average molecular weight is 359 g/mol. The summed E-state index contributed by atoms with van der Waals surface area (Å²) in [7, 11) is 0. The van der Waals surface area contributed by atoms with Crippen LogP contribution in [0.5, 0.6) is 5.75 Å². The highest BCUT2D eigenvalue weighted by Gasteiger charge is 2.31. The Labute approximate surface area is 148 Å². The van der Waals surface area contributed by atoms with Crippen molar-refractivity contribution < 1.29 is 9.53 Å². The number of rotatable bonds is 5. The van der Waals surface area contributed by atoms with E-state index in [1.54, 1.807) is 56.6 Å². The Bertz CT molecular complexity index is 881. The van der Waals surface area contributed by atoms with Crippen molar-refractivity contribution >= 4 is 23.5 Å². The van der Waals surface area contributed by atoms with Crippen molar-refractivity contribution in [2.45, 2.75) is 19.4 Å². The minimum atomic E-state index is -1.17. The molecule has 3 rings (SSSR count). The third-order valence-electron chi connectivity index (χ3n) is 3.23. The van der Waals surface area contributed by atoms with Crippen LogP contribution in [0.1, 0.15) is 13.8 Å². The fraction of sp³-hybridized carbons (Fsp3) is 0.188. The first-order valence-electron chi connectivity index (χ1n) is 7.39. The van der Waals surface area contributed by atoms with E-state index in [9.17, 15) is 4.79 Å². The Morgan fingerprint density at radius 1 is 1.20 bits per heavy atom. The van der Waals surface area contributed by atoms with Gasteiger partial charge in [0.25, 0.3) is 11.9 Å². The molecule has 0 radical (unpaired) electrons. The van der Waals surface area contributed by atoms with Gasteiger partial charge in [-0.25, -0.2) is 9.97 Å². The second-order valence-corrected chi connectivity index (χ2v) is 6.00. The summed E-state index contributed by atoms with van der Waals surface area (Å²) in [5.41, 5.74) is -1.17. The van der Waals surface area contributed by atoms with Gasteiger partial charge in [-0.1, -0.05) is 17.7 Å². The van der Waals surface area contributed by atoms with Crippen LogP contribution in [0, 0.1) is 0 Å². The molecule has 128 valence electrons. The average Bonchev–Trinajstić information content (AvgIpc) is 3.03. The molecular weight excluding hydrogens is 344 g/mol. The highest BCUT2D eigenvalue weighted by atomic mass is 35.5. The molecule has 1 aromatic carbocycles. The number of benzene rings is 1. The minimum absolute atomic E-state index is 0.193. The maximum atomic E-state index is 12.6. The van der Waals surface area contributed by atoms with E-state index in [1.807, 2.05) is 0 Å². The van der Waals surface area contributed by atoms with Gasteiger partial charge in [-0.15, -0.1) is 0 Å². The SMILES string of the molecule is CC(C)(Oc1cccc(Cl)c1)C(=O)Nc1ncnn1-c1ncccn1. The van der Waals surface area contributed by atoms with E-state index in [0.29, 0.717) is 16.7 Å². The molecule has 0 aliphatic rings. The molecule has 1 N–H and O–H groups in total. The lowest BCUT2D eigenvalue weighted by Crippen LogP contribution is -2.43. The van der Waals surface area contributed by atoms with Crippen molar-refractivity contribution in [1.29, 1.82) is 0 Å². The number of carbonyl (C=O) groups is 1. The van der Waals surface area contributed by atoms with Gasteiger partial charge in [0.15, 0.2) is 5.60 Å².